The molecule has 0 bridgehead atoms. The van der Waals surface area contributed by atoms with Crippen molar-refractivity contribution in [3.63, 3.8) is 0 Å². The summed E-state index contributed by atoms with van der Waals surface area (Å²) in [6.07, 6.45) is 7.83. The molecule has 0 amide bonds. The van der Waals surface area contributed by atoms with E-state index in [1.807, 2.05) is 0 Å². The lowest BCUT2D eigenvalue weighted by atomic mass is 10.1. The Kier molecular flexibility index (Phi) is 6.50. The number of aryl methyl sites for hydroxylation is 1. The third-order valence-electron chi connectivity index (χ3n) is 4.41. The van der Waals surface area contributed by atoms with Crippen molar-refractivity contribution in [3.8, 4) is 0 Å². The van der Waals surface area contributed by atoms with E-state index in [1.54, 1.807) is 0 Å². The number of rotatable bonds is 8. The van der Waals surface area contributed by atoms with Crippen LogP contribution < -0.4 is 10.2 Å². The molecule has 21 heavy (non-hydrogen) atoms. The third-order valence-corrected chi connectivity index (χ3v) is 4.41. The summed E-state index contributed by atoms with van der Waals surface area (Å²) in [6, 6.07) is 4.52. The molecule has 118 valence electrons. The van der Waals surface area contributed by atoms with Crippen LogP contribution in [-0.2, 0) is 13.0 Å². The lowest BCUT2D eigenvalue weighted by Crippen LogP contribution is -2.25. The fraction of sp³-hybridized carbons (Fsp3) is 0.722. The van der Waals surface area contributed by atoms with E-state index in [4.69, 9.17) is 4.98 Å². The Morgan fingerprint density at radius 2 is 2.00 bits per heavy atom. The van der Waals surface area contributed by atoms with Crippen LogP contribution in [0.1, 0.15) is 57.2 Å². The van der Waals surface area contributed by atoms with Crippen molar-refractivity contribution < 1.29 is 0 Å². The van der Waals surface area contributed by atoms with E-state index in [0.29, 0.717) is 0 Å². The van der Waals surface area contributed by atoms with Crippen molar-refractivity contribution >= 4 is 5.82 Å². The fourth-order valence-electron chi connectivity index (χ4n) is 3.26. The van der Waals surface area contributed by atoms with E-state index in [-0.39, 0.29) is 0 Å². The molecule has 1 aromatic heterocycles. The minimum Gasteiger partial charge on any atom is -0.359 e. The van der Waals surface area contributed by atoms with Gasteiger partial charge in [0.1, 0.15) is 5.82 Å². The average Bonchev–Trinajstić information content (AvgIpc) is 2.98. The van der Waals surface area contributed by atoms with Crippen LogP contribution in [0.3, 0.4) is 0 Å². The zero-order valence-corrected chi connectivity index (χ0v) is 14.0. The lowest BCUT2D eigenvalue weighted by molar-refractivity contribution is 0.544. The summed E-state index contributed by atoms with van der Waals surface area (Å²) < 4.78 is 0. The van der Waals surface area contributed by atoms with Gasteiger partial charge in [-0.15, -0.1) is 0 Å². The Morgan fingerprint density at radius 1 is 1.24 bits per heavy atom. The maximum absolute atomic E-state index is 4.87. The second-order valence-corrected chi connectivity index (χ2v) is 6.39. The molecule has 1 heterocycles. The quantitative estimate of drug-likeness (QED) is 0.789. The van der Waals surface area contributed by atoms with Crippen LogP contribution in [0.15, 0.2) is 12.1 Å². The smallest absolute Gasteiger partial charge is 0.128 e. The number of nitrogens with zero attached hydrogens (tertiary/aromatic N) is 2. The number of nitrogens with one attached hydrogen (secondary N) is 1. The van der Waals surface area contributed by atoms with Crippen molar-refractivity contribution in [1.29, 1.82) is 0 Å². The third kappa shape index (κ3) is 4.99. The van der Waals surface area contributed by atoms with Crippen LogP contribution in [0, 0.1) is 5.92 Å². The molecule has 1 fully saturated rings. The molecule has 0 atom stereocenters. The molecule has 3 heteroatoms. The average molecular weight is 289 g/mol. The monoisotopic (exact) mass is 289 g/mol. The summed E-state index contributed by atoms with van der Waals surface area (Å²) in [5.74, 6) is 2.02. The summed E-state index contributed by atoms with van der Waals surface area (Å²) in [7, 11) is 2.20. The maximum Gasteiger partial charge on any atom is 0.128 e. The summed E-state index contributed by atoms with van der Waals surface area (Å²) >= 11 is 0. The van der Waals surface area contributed by atoms with Gasteiger partial charge in [-0.3, -0.25) is 0 Å². The first-order chi connectivity index (χ1) is 10.2. The van der Waals surface area contributed by atoms with Gasteiger partial charge in [0.05, 0.1) is 0 Å². The van der Waals surface area contributed by atoms with Crippen LogP contribution in [0.25, 0.3) is 0 Å². The van der Waals surface area contributed by atoms with Crippen molar-refractivity contribution in [3.05, 3.63) is 23.4 Å². The van der Waals surface area contributed by atoms with Crippen molar-refractivity contribution in [1.82, 2.24) is 10.3 Å². The Labute approximate surface area is 130 Å². The second kappa shape index (κ2) is 8.38. The van der Waals surface area contributed by atoms with Gasteiger partial charge in [0.15, 0.2) is 0 Å². The molecule has 3 nitrogen and oxygen atoms in total. The molecule has 1 N–H and O–H groups in total. The molecule has 2 rings (SSSR count). The highest BCUT2D eigenvalue weighted by atomic mass is 15.2. The van der Waals surface area contributed by atoms with E-state index in [9.17, 15) is 0 Å². The first-order valence-corrected chi connectivity index (χ1v) is 8.64. The van der Waals surface area contributed by atoms with Gasteiger partial charge in [0.25, 0.3) is 0 Å². The molecular weight excluding hydrogens is 258 g/mol. The standard InChI is InChI=1S/C18H31N3/c1-4-8-17-11-16(13-19-5-2)12-18(20-17)21(3)14-15-9-6-7-10-15/h11-12,15,19H,4-10,13-14H2,1-3H3. The molecule has 1 aliphatic carbocycles. The largest absolute Gasteiger partial charge is 0.359 e. The molecule has 1 aromatic rings. The van der Waals surface area contributed by atoms with Gasteiger partial charge in [-0.2, -0.15) is 0 Å². The van der Waals surface area contributed by atoms with E-state index in [0.717, 1.165) is 44.2 Å². The van der Waals surface area contributed by atoms with E-state index < -0.39 is 0 Å². The lowest BCUT2D eigenvalue weighted by Gasteiger charge is -2.23. The maximum atomic E-state index is 4.87. The Bertz CT molecular complexity index is 424. The highest BCUT2D eigenvalue weighted by Gasteiger charge is 2.18. The minimum atomic E-state index is 0.865. The first kappa shape index (κ1) is 16.3. The first-order valence-electron chi connectivity index (χ1n) is 8.64. The van der Waals surface area contributed by atoms with E-state index in [2.05, 4.69) is 43.2 Å². The van der Waals surface area contributed by atoms with Gasteiger partial charge in [0.2, 0.25) is 0 Å². The van der Waals surface area contributed by atoms with E-state index in [1.165, 1.54) is 36.9 Å². The highest BCUT2D eigenvalue weighted by molar-refractivity contribution is 5.42. The highest BCUT2D eigenvalue weighted by Crippen LogP contribution is 2.26. The Balaban J connectivity index is 2.09. The van der Waals surface area contributed by atoms with Crippen molar-refractivity contribution in [2.24, 2.45) is 5.92 Å². The zero-order valence-electron chi connectivity index (χ0n) is 14.0. The van der Waals surface area contributed by atoms with Gasteiger partial charge in [-0.1, -0.05) is 33.1 Å². The van der Waals surface area contributed by atoms with Crippen molar-refractivity contribution in [2.75, 3.05) is 25.0 Å². The van der Waals surface area contributed by atoms with Crippen LogP contribution in [0.2, 0.25) is 0 Å². The van der Waals surface area contributed by atoms with Crippen LogP contribution in [0.5, 0.6) is 0 Å². The molecule has 0 unspecified atom stereocenters. The Hall–Kier alpha value is -1.09. The molecule has 0 radical (unpaired) electrons. The number of anilines is 1. The second-order valence-electron chi connectivity index (χ2n) is 6.39. The van der Waals surface area contributed by atoms with E-state index >= 15 is 0 Å². The van der Waals surface area contributed by atoms with Crippen LogP contribution in [0.4, 0.5) is 5.82 Å². The molecule has 0 aliphatic heterocycles. The van der Waals surface area contributed by atoms with Gasteiger partial charge in [-0.25, -0.2) is 4.98 Å². The summed E-state index contributed by atoms with van der Waals surface area (Å²) in [4.78, 5) is 7.24. The van der Waals surface area contributed by atoms with Gasteiger partial charge in [0, 0.05) is 25.8 Å². The summed E-state index contributed by atoms with van der Waals surface area (Å²) in [6.45, 7) is 7.49. The summed E-state index contributed by atoms with van der Waals surface area (Å²) in [5, 5.41) is 3.43. The molecule has 1 saturated carbocycles. The number of pyridine rings is 1. The normalized spacial score (nSPS) is 15.6. The van der Waals surface area contributed by atoms with Gasteiger partial charge in [-0.05, 0) is 49.4 Å². The van der Waals surface area contributed by atoms with Crippen molar-refractivity contribution in [2.45, 2.75) is 58.9 Å². The number of hydrogen-bond acceptors (Lipinski definition) is 3. The molecular formula is C18H31N3. The topological polar surface area (TPSA) is 28.2 Å². The number of aromatic nitrogens is 1. The molecule has 0 spiro atoms. The molecule has 0 aromatic carbocycles. The number of hydrogen-bond donors (Lipinski definition) is 1. The summed E-state index contributed by atoms with van der Waals surface area (Å²) in [5.41, 5.74) is 2.60. The SMILES string of the molecule is CCCc1cc(CNCC)cc(N(C)CC2CCCC2)n1. The minimum absolute atomic E-state index is 0.865. The predicted molar refractivity (Wildman–Crippen MR) is 90.8 cm³/mol. The van der Waals surface area contributed by atoms with Gasteiger partial charge < -0.3 is 10.2 Å². The van der Waals surface area contributed by atoms with Crippen LogP contribution >= 0.6 is 0 Å². The zero-order chi connectivity index (χ0) is 15.1. The Morgan fingerprint density at radius 3 is 2.67 bits per heavy atom. The van der Waals surface area contributed by atoms with Crippen LogP contribution in [-0.4, -0.2) is 25.1 Å². The fourth-order valence-corrected chi connectivity index (χ4v) is 3.26. The van der Waals surface area contributed by atoms with Gasteiger partial charge >= 0.3 is 0 Å². The molecule has 0 saturated heterocycles. The predicted octanol–water partition coefficient (Wildman–Crippen LogP) is 3.77. The molecule has 1 aliphatic rings.